The van der Waals surface area contributed by atoms with E-state index in [0.29, 0.717) is 0 Å². The minimum Gasteiger partial charge on any atom is -0.480 e. The number of aromatic nitrogens is 2. The molecule has 0 spiro atoms. The van der Waals surface area contributed by atoms with Crippen LogP contribution in [0.5, 0.6) is 0 Å². The molecular weight excluding hydrogens is 420 g/mol. The first-order valence-electron chi connectivity index (χ1n) is 9.34. The summed E-state index contributed by atoms with van der Waals surface area (Å²) in [5, 5.41) is 51.2. The average molecular weight is 444 g/mol. The van der Waals surface area contributed by atoms with Gasteiger partial charge in [-0.15, -0.1) is 0 Å². The van der Waals surface area contributed by atoms with E-state index in [-0.39, 0.29) is 6.54 Å². The van der Waals surface area contributed by atoms with Crippen molar-refractivity contribution in [2.45, 2.75) is 48.8 Å². The van der Waals surface area contributed by atoms with Crippen LogP contribution in [0.1, 0.15) is 6.23 Å². The van der Waals surface area contributed by atoms with Crippen LogP contribution in [-0.2, 0) is 14.3 Å². The number of likely N-dealkylation sites (N-methyl/N-ethyl adjacent to an activating group) is 2. The van der Waals surface area contributed by atoms with Crippen LogP contribution in [0.3, 0.4) is 0 Å². The normalized spacial score (nSPS) is 35.7. The molecule has 3 rings (SSSR count). The molecule has 0 aromatic carbocycles. The third-order valence-corrected chi connectivity index (χ3v) is 5.65. The van der Waals surface area contributed by atoms with E-state index in [1.165, 1.54) is 11.9 Å². The highest BCUT2D eigenvalue weighted by Gasteiger charge is 2.53. The monoisotopic (exact) mass is 444 g/mol. The smallest absolute Gasteiger partial charge is 0.330 e. The van der Waals surface area contributed by atoms with Crippen molar-refractivity contribution in [3.05, 3.63) is 33.1 Å². The molecule has 0 saturated carbocycles. The Balaban J connectivity index is 1.90. The number of aliphatic hydroxyl groups excluding tert-OH is 4. The summed E-state index contributed by atoms with van der Waals surface area (Å²) in [6, 6.07) is -1.99. The minimum atomic E-state index is -1.77. The van der Waals surface area contributed by atoms with Gasteiger partial charge in [-0.05, 0) is 7.05 Å². The van der Waals surface area contributed by atoms with Crippen molar-refractivity contribution in [2.24, 2.45) is 0 Å². The molecule has 31 heavy (non-hydrogen) atoms. The standard InChI is InChI=1S/C17H24N4O10/c1-19-5-6(22)8(16(28)29)20(2)14(27)9(19)10(24)13-11(25)12(26)15(31-13)21-4-3-7(23)18-17(21)30/h3-4,6,8-13,15,22,24-26H,5H2,1-2H3,(H,28,29)(H,18,23,30)/t6-,8-,9-,10-,11-,12+,13+,15+/m0/s1. The molecule has 6 N–H and O–H groups in total. The van der Waals surface area contributed by atoms with Crippen LogP contribution in [0.4, 0.5) is 0 Å². The van der Waals surface area contributed by atoms with Gasteiger partial charge in [-0.3, -0.25) is 24.0 Å². The number of hydrogen-bond acceptors (Lipinski definition) is 10. The third kappa shape index (κ3) is 4.00. The van der Waals surface area contributed by atoms with Gasteiger partial charge in [0.05, 0.1) is 6.10 Å². The minimum absolute atomic E-state index is 0.289. The van der Waals surface area contributed by atoms with Crippen LogP contribution in [-0.4, -0.2) is 120 Å². The van der Waals surface area contributed by atoms with E-state index in [0.717, 1.165) is 28.8 Å². The fourth-order valence-electron chi connectivity index (χ4n) is 4.04. The van der Waals surface area contributed by atoms with Gasteiger partial charge in [0.15, 0.2) is 12.3 Å². The van der Waals surface area contributed by atoms with Crippen LogP contribution in [0.25, 0.3) is 0 Å². The van der Waals surface area contributed by atoms with E-state index >= 15 is 0 Å². The van der Waals surface area contributed by atoms with Gasteiger partial charge in [-0.1, -0.05) is 0 Å². The molecule has 0 bridgehead atoms. The van der Waals surface area contributed by atoms with E-state index in [9.17, 15) is 44.7 Å². The fourth-order valence-corrected chi connectivity index (χ4v) is 4.04. The lowest BCUT2D eigenvalue weighted by Crippen LogP contribution is -2.57. The van der Waals surface area contributed by atoms with Gasteiger partial charge < -0.3 is 35.2 Å². The van der Waals surface area contributed by atoms with E-state index in [2.05, 4.69) is 0 Å². The summed E-state index contributed by atoms with van der Waals surface area (Å²) in [6.07, 6.45) is -8.63. The molecule has 1 aromatic heterocycles. The number of aromatic amines is 1. The Kier molecular flexibility index (Phi) is 6.31. The van der Waals surface area contributed by atoms with E-state index in [1.54, 1.807) is 0 Å². The van der Waals surface area contributed by atoms with Crippen molar-refractivity contribution >= 4 is 11.9 Å². The first-order valence-corrected chi connectivity index (χ1v) is 9.34. The molecule has 3 heterocycles. The van der Waals surface area contributed by atoms with Crippen LogP contribution in [0.15, 0.2) is 21.9 Å². The van der Waals surface area contributed by atoms with Crippen LogP contribution >= 0.6 is 0 Å². The van der Waals surface area contributed by atoms with Gasteiger partial charge in [-0.25, -0.2) is 9.59 Å². The van der Waals surface area contributed by atoms with Gasteiger partial charge in [0.1, 0.15) is 30.5 Å². The lowest BCUT2D eigenvalue weighted by Gasteiger charge is -2.34. The number of nitrogens with zero attached hydrogens (tertiary/aromatic N) is 3. The predicted octanol–water partition coefficient (Wildman–Crippen LogP) is -4.90. The number of rotatable bonds is 4. The number of hydrogen-bond donors (Lipinski definition) is 6. The molecule has 14 nitrogen and oxygen atoms in total. The molecule has 2 saturated heterocycles. The molecule has 2 fully saturated rings. The number of aliphatic hydroxyl groups is 4. The molecular formula is C17H24N4O10. The number of aliphatic carboxylic acids is 1. The quantitative estimate of drug-likeness (QED) is 0.259. The SMILES string of the molecule is CN1C[C@H](O)[C@@H](C(=O)O)N(C)C(=O)[C@@H]1[C@H](O)[C@H]1O[C@@H](n2ccc(=O)[nH]c2=O)[C@H](O)[C@@H]1O. The fraction of sp³-hybridized carbons (Fsp3) is 0.647. The van der Waals surface area contributed by atoms with Crippen molar-refractivity contribution in [1.29, 1.82) is 0 Å². The maximum atomic E-state index is 12.9. The zero-order valence-electron chi connectivity index (χ0n) is 16.6. The summed E-state index contributed by atoms with van der Waals surface area (Å²) >= 11 is 0. The Labute approximate surface area is 174 Å². The lowest BCUT2D eigenvalue weighted by molar-refractivity contribution is -0.156. The largest absolute Gasteiger partial charge is 0.480 e. The number of carboxylic acid groups (broad SMARTS) is 1. The van der Waals surface area contributed by atoms with Crippen LogP contribution in [0, 0.1) is 0 Å². The first-order chi connectivity index (χ1) is 14.5. The highest BCUT2D eigenvalue weighted by atomic mass is 16.6. The number of nitrogens with one attached hydrogen (secondary N) is 1. The van der Waals surface area contributed by atoms with Gasteiger partial charge in [-0.2, -0.15) is 0 Å². The maximum Gasteiger partial charge on any atom is 0.330 e. The second-order valence-corrected chi connectivity index (χ2v) is 7.66. The summed E-state index contributed by atoms with van der Waals surface area (Å²) in [5.41, 5.74) is -1.61. The predicted molar refractivity (Wildman–Crippen MR) is 99.9 cm³/mol. The number of β-amino-alcohol motifs (C(OH)–C–C–N with tert-alkyl or cyclic N) is 1. The first kappa shape index (κ1) is 23.1. The zero-order chi connectivity index (χ0) is 23.2. The summed E-state index contributed by atoms with van der Waals surface area (Å²) in [6.45, 7) is -0.289. The number of ether oxygens (including phenoxy) is 1. The molecule has 2 aliphatic rings. The molecule has 172 valence electrons. The molecule has 14 heteroatoms. The summed E-state index contributed by atoms with van der Waals surface area (Å²) < 4.78 is 6.31. The second-order valence-electron chi connectivity index (χ2n) is 7.66. The lowest BCUT2D eigenvalue weighted by atomic mass is 9.98. The topological polar surface area (TPSA) is 206 Å². The number of amides is 1. The number of carbonyl (C=O) groups is 2. The Morgan fingerprint density at radius 2 is 1.84 bits per heavy atom. The summed E-state index contributed by atoms with van der Waals surface area (Å²) in [4.78, 5) is 51.6. The molecule has 8 atom stereocenters. The Hall–Kier alpha value is -2.62. The van der Waals surface area contributed by atoms with Gasteiger partial charge in [0.2, 0.25) is 5.91 Å². The summed E-state index contributed by atoms with van der Waals surface area (Å²) in [7, 11) is 2.53. The number of H-pyrrole nitrogens is 1. The molecule has 0 unspecified atom stereocenters. The Morgan fingerprint density at radius 3 is 2.42 bits per heavy atom. The zero-order valence-corrected chi connectivity index (χ0v) is 16.6. The molecule has 1 aromatic rings. The number of carboxylic acids is 1. The van der Waals surface area contributed by atoms with E-state index in [1.807, 2.05) is 4.98 Å². The Bertz CT molecular complexity index is 963. The van der Waals surface area contributed by atoms with Crippen molar-refractivity contribution in [1.82, 2.24) is 19.4 Å². The van der Waals surface area contributed by atoms with Crippen molar-refractivity contribution in [3.8, 4) is 0 Å². The maximum absolute atomic E-state index is 12.9. The highest BCUT2D eigenvalue weighted by Crippen LogP contribution is 2.32. The second kappa shape index (κ2) is 8.49. The highest BCUT2D eigenvalue weighted by molar-refractivity contribution is 5.88. The van der Waals surface area contributed by atoms with Gasteiger partial charge in [0.25, 0.3) is 5.56 Å². The average Bonchev–Trinajstić information content (AvgIpc) is 2.92. The van der Waals surface area contributed by atoms with Crippen molar-refractivity contribution < 1.29 is 39.9 Å². The molecule has 0 radical (unpaired) electrons. The van der Waals surface area contributed by atoms with Crippen molar-refractivity contribution in [2.75, 3.05) is 20.6 Å². The van der Waals surface area contributed by atoms with Crippen LogP contribution < -0.4 is 11.2 Å². The summed E-state index contributed by atoms with van der Waals surface area (Å²) in [5.74, 6) is -2.29. The number of carbonyl (C=O) groups excluding carboxylic acids is 1. The molecule has 0 aliphatic carbocycles. The van der Waals surface area contributed by atoms with Gasteiger partial charge >= 0.3 is 11.7 Å². The van der Waals surface area contributed by atoms with E-state index in [4.69, 9.17) is 4.74 Å². The molecule has 2 aliphatic heterocycles. The van der Waals surface area contributed by atoms with Crippen LogP contribution in [0.2, 0.25) is 0 Å². The van der Waals surface area contributed by atoms with E-state index < -0.39 is 72.0 Å². The molecule has 1 amide bonds. The third-order valence-electron chi connectivity index (χ3n) is 5.65. The van der Waals surface area contributed by atoms with Crippen molar-refractivity contribution in [3.63, 3.8) is 0 Å². The Morgan fingerprint density at radius 1 is 1.19 bits per heavy atom. The van der Waals surface area contributed by atoms with Gasteiger partial charge in [0, 0.05) is 25.9 Å².